The van der Waals surface area contributed by atoms with Crippen molar-refractivity contribution in [2.24, 2.45) is 5.73 Å². The van der Waals surface area contributed by atoms with Gasteiger partial charge in [-0.1, -0.05) is 28.1 Å². The zero-order chi connectivity index (χ0) is 10.1. The second kappa shape index (κ2) is 4.01. The van der Waals surface area contributed by atoms with Gasteiger partial charge in [0.25, 0.3) is 0 Å². The molecule has 1 aliphatic carbocycles. The van der Waals surface area contributed by atoms with Gasteiger partial charge >= 0.3 is 0 Å². The summed E-state index contributed by atoms with van der Waals surface area (Å²) in [4.78, 5) is 0. The molecule has 0 radical (unpaired) electrons. The fourth-order valence-corrected chi connectivity index (χ4v) is 2.67. The molecule has 3 N–H and O–H groups in total. The second-order valence-corrected chi connectivity index (χ2v) is 4.67. The van der Waals surface area contributed by atoms with E-state index in [4.69, 9.17) is 5.73 Å². The van der Waals surface area contributed by atoms with Crippen LogP contribution in [-0.2, 0) is 6.42 Å². The van der Waals surface area contributed by atoms with Crippen molar-refractivity contribution in [2.75, 3.05) is 0 Å². The molecule has 0 saturated carbocycles. The number of rotatable bonds is 0. The lowest BCUT2D eigenvalue weighted by Gasteiger charge is -2.18. The Hall–Kier alpha value is -0.380. The summed E-state index contributed by atoms with van der Waals surface area (Å²) in [5, 5.41) is 10.0. The quantitative estimate of drug-likeness (QED) is 0.698. The normalized spacial score (nSPS) is 26.8. The Bertz CT molecular complexity index is 340. The molecule has 1 aliphatic rings. The topological polar surface area (TPSA) is 46.2 Å². The molecule has 0 spiro atoms. The van der Waals surface area contributed by atoms with Crippen LogP contribution in [0.25, 0.3) is 0 Å². The van der Waals surface area contributed by atoms with Crippen LogP contribution >= 0.6 is 15.9 Å². The molecule has 1 aromatic rings. The number of fused-ring (bicyclic) bond motifs is 1. The molecular formula is C11H14BrNO. The number of hydrogen-bond acceptors (Lipinski definition) is 2. The van der Waals surface area contributed by atoms with Crippen LogP contribution in [-0.4, -0.2) is 11.1 Å². The molecule has 0 bridgehead atoms. The molecule has 2 unspecified atom stereocenters. The first-order valence-electron chi connectivity index (χ1n) is 4.91. The summed E-state index contributed by atoms with van der Waals surface area (Å²) in [6, 6.07) is 5.91. The van der Waals surface area contributed by atoms with Crippen LogP contribution in [0, 0.1) is 0 Å². The Labute approximate surface area is 92.3 Å². The molecule has 2 nitrogen and oxygen atoms in total. The molecule has 0 aromatic heterocycles. The molecule has 2 atom stereocenters. The number of nitrogens with two attached hydrogens (primary N) is 1. The fourth-order valence-electron chi connectivity index (χ4n) is 2.03. The maximum atomic E-state index is 10.0. The zero-order valence-electron chi connectivity index (χ0n) is 7.91. The van der Waals surface area contributed by atoms with Crippen molar-refractivity contribution in [3.63, 3.8) is 0 Å². The van der Waals surface area contributed by atoms with E-state index < -0.39 is 6.10 Å². The molecule has 14 heavy (non-hydrogen) atoms. The highest BCUT2D eigenvalue weighted by Gasteiger charge is 2.24. The van der Waals surface area contributed by atoms with Crippen LogP contribution in [0.4, 0.5) is 0 Å². The van der Waals surface area contributed by atoms with E-state index in [0.717, 1.165) is 29.3 Å². The van der Waals surface area contributed by atoms with Gasteiger partial charge in [-0.05, 0) is 36.5 Å². The van der Waals surface area contributed by atoms with Gasteiger partial charge < -0.3 is 10.8 Å². The zero-order valence-corrected chi connectivity index (χ0v) is 9.50. The highest BCUT2D eigenvalue weighted by Crippen LogP contribution is 2.33. The van der Waals surface area contributed by atoms with Crippen molar-refractivity contribution in [1.29, 1.82) is 0 Å². The van der Waals surface area contributed by atoms with E-state index in [1.165, 1.54) is 5.56 Å². The number of aliphatic hydroxyl groups is 1. The SMILES string of the molecule is NC1CCCc2cccc(Br)c2C1O. The van der Waals surface area contributed by atoms with Crippen molar-refractivity contribution >= 4 is 15.9 Å². The van der Waals surface area contributed by atoms with Crippen LogP contribution in [0.2, 0.25) is 0 Å². The summed E-state index contributed by atoms with van der Waals surface area (Å²) in [6.07, 6.45) is 2.44. The largest absolute Gasteiger partial charge is 0.387 e. The summed E-state index contributed by atoms with van der Waals surface area (Å²) < 4.78 is 0.972. The molecule has 76 valence electrons. The van der Waals surface area contributed by atoms with Crippen molar-refractivity contribution in [3.05, 3.63) is 33.8 Å². The fraction of sp³-hybridized carbons (Fsp3) is 0.455. The van der Waals surface area contributed by atoms with E-state index in [9.17, 15) is 5.11 Å². The smallest absolute Gasteiger partial charge is 0.0954 e. The average Bonchev–Trinajstić information content (AvgIpc) is 2.29. The van der Waals surface area contributed by atoms with E-state index in [2.05, 4.69) is 22.0 Å². The molecule has 3 heteroatoms. The lowest BCUT2D eigenvalue weighted by molar-refractivity contribution is 0.143. The standard InChI is InChI=1S/C11H14BrNO/c12-8-5-1-3-7-4-2-6-9(13)11(14)10(7)8/h1,3,5,9,11,14H,2,4,6,13H2. The van der Waals surface area contributed by atoms with E-state index in [1.807, 2.05) is 12.1 Å². The third-order valence-electron chi connectivity index (χ3n) is 2.83. The average molecular weight is 256 g/mol. The highest BCUT2D eigenvalue weighted by molar-refractivity contribution is 9.10. The number of halogens is 1. The Morgan fingerprint density at radius 2 is 2.21 bits per heavy atom. The van der Waals surface area contributed by atoms with Gasteiger partial charge in [-0.2, -0.15) is 0 Å². The van der Waals surface area contributed by atoms with Gasteiger partial charge in [-0.15, -0.1) is 0 Å². The first-order valence-corrected chi connectivity index (χ1v) is 5.70. The molecule has 0 fully saturated rings. The highest BCUT2D eigenvalue weighted by atomic mass is 79.9. The summed E-state index contributed by atoms with van der Waals surface area (Å²) in [7, 11) is 0. The van der Waals surface area contributed by atoms with Gasteiger partial charge in [0.1, 0.15) is 0 Å². The monoisotopic (exact) mass is 255 g/mol. The van der Waals surface area contributed by atoms with Gasteiger partial charge in [0, 0.05) is 10.5 Å². The molecule has 0 heterocycles. The Balaban J connectivity index is 2.49. The summed E-state index contributed by atoms with van der Waals surface area (Å²) in [5.41, 5.74) is 8.10. The predicted octanol–water partition coefficient (Wildman–Crippen LogP) is 2.15. The summed E-state index contributed by atoms with van der Waals surface area (Å²) >= 11 is 3.47. The van der Waals surface area contributed by atoms with E-state index in [0.29, 0.717) is 0 Å². The number of benzene rings is 1. The third-order valence-corrected chi connectivity index (χ3v) is 3.52. The summed E-state index contributed by atoms with van der Waals surface area (Å²) in [6.45, 7) is 0. The van der Waals surface area contributed by atoms with Gasteiger partial charge in [0.2, 0.25) is 0 Å². The van der Waals surface area contributed by atoms with Gasteiger partial charge in [-0.25, -0.2) is 0 Å². The molecule has 0 aliphatic heterocycles. The van der Waals surface area contributed by atoms with Crippen LogP contribution in [0.1, 0.15) is 30.1 Å². The van der Waals surface area contributed by atoms with Crippen molar-refractivity contribution in [3.8, 4) is 0 Å². The summed E-state index contributed by atoms with van der Waals surface area (Å²) in [5.74, 6) is 0. The van der Waals surface area contributed by atoms with E-state index >= 15 is 0 Å². The number of hydrogen-bond donors (Lipinski definition) is 2. The maximum Gasteiger partial charge on any atom is 0.0954 e. The van der Waals surface area contributed by atoms with Crippen molar-refractivity contribution in [1.82, 2.24) is 0 Å². The van der Waals surface area contributed by atoms with Gasteiger partial charge in [0.15, 0.2) is 0 Å². The van der Waals surface area contributed by atoms with Crippen molar-refractivity contribution < 1.29 is 5.11 Å². The number of aliphatic hydroxyl groups excluding tert-OH is 1. The van der Waals surface area contributed by atoms with Crippen LogP contribution < -0.4 is 5.73 Å². The molecule has 1 aromatic carbocycles. The maximum absolute atomic E-state index is 10.0. The minimum absolute atomic E-state index is 0.130. The third kappa shape index (κ3) is 1.72. The first kappa shape index (κ1) is 10.1. The van der Waals surface area contributed by atoms with Gasteiger partial charge in [-0.3, -0.25) is 0 Å². The van der Waals surface area contributed by atoms with Crippen LogP contribution in [0.3, 0.4) is 0 Å². The van der Waals surface area contributed by atoms with Crippen molar-refractivity contribution in [2.45, 2.75) is 31.4 Å². The lowest BCUT2D eigenvalue weighted by Crippen LogP contribution is -2.27. The van der Waals surface area contributed by atoms with E-state index in [-0.39, 0.29) is 6.04 Å². The van der Waals surface area contributed by atoms with Gasteiger partial charge in [0.05, 0.1) is 6.10 Å². The lowest BCUT2D eigenvalue weighted by atomic mass is 9.99. The number of aryl methyl sites for hydroxylation is 1. The van der Waals surface area contributed by atoms with Crippen LogP contribution in [0.15, 0.2) is 22.7 Å². The Morgan fingerprint density at radius 3 is 3.00 bits per heavy atom. The first-order chi connectivity index (χ1) is 6.70. The molecular weight excluding hydrogens is 242 g/mol. The Kier molecular flexibility index (Phi) is 2.91. The minimum atomic E-state index is -0.525. The Morgan fingerprint density at radius 1 is 1.43 bits per heavy atom. The minimum Gasteiger partial charge on any atom is -0.387 e. The predicted molar refractivity (Wildman–Crippen MR) is 60.0 cm³/mol. The van der Waals surface area contributed by atoms with Crippen LogP contribution in [0.5, 0.6) is 0 Å². The van der Waals surface area contributed by atoms with E-state index in [1.54, 1.807) is 0 Å². The molecule has 0 amide bonds. The molecule has 0 saturated heterocycles. The molecule has 2 rings (SSSR count). The second-order valence-electron chi connectivity index (χ2n) is 3.81.